The highest BCUT2D eigenvalue weighted by molar-refractivity contribution is 5.64. The molecule has 3 aliphatic heterocycles. The number of aryl methyl sites for hydroxylation is 2. The number of benzene rings is 3. The zero-order valence-corrected chi connectivity index (χ0v) is 22.0. The molecular weight excluding hydrogens is 462 g/mol. The summed E-state index contributed by atoms with van der Waals surface area (Å²) in [5.74, 6) is 1.30. The lowest BCUT2D eigenvalue weighted by Gasteiger charge is -2.24. The van der Waals surface area contributed by atoms with Crippen molar-refractivity contribution in [3.63, 3.8) is 0 Å². The standard InChI is InChI=1S/C20H23NO2.C12H14O2/c1-15-3-8-18-19(11-15)21(13-20(18)9-10-23-14-20)12-16-4-6-17(22-2)7-5-16;13-10-1-2-11-9(7-10)3-4-12(11)5-6-14-8-12/h3-8,11H,9-10,12-14H2,1-2H3;1-2,7,13H,3-6,8H2. The molecule has 1 aliphatic carbocycles. The molecule has 2 spiro atoms. The number of rotatable bonds is 3. The van der Waals surface area contributed by atoms with E-state index in [0.717, 1.165) is 64.5 Å². The number of fused-ring (bicyclic) bond motifs is 4. The number of anilines is 1. The number of nitrogens with zero attached hydrogens (tertiary/aromatic N) is 1. The minimum absolute atomic E-state index is 0.190. The second-order valence-electron chi connectivity index (χ2n) is 11.2. The molecule has 3 aromatic rings. The lowest BCUT2D eigenvalue weighted by atomic mass is 9.81. The van der Waals surface area contributed by atoms with E-state index in [4.69, 9.17) is 14.2 Å². The highest BCUT2D eigenvalue weighted by atomic mass is 16.5. The van der Waals surface area contributed by atoms with E-state index in [-0.39, 0.29) is 10.8 Å². The van der Waals surface area contributed by atoms with Gasteiger partial charge in [0.05, 0.1) is 20.3 Å². The maximum absolute atomic E-state index is 9.40. The molecule has 1 N–H and O–H groups in total. The average molecular weight is 500 g/mol. The Morgan fingerprint density at radius 2 is 1.59 bits per heavy atom. The van der Waals surface area contributed by atoms with Gasteiger partial charge in [-0.3, -0.25) is 0 Å². The number of aromatic hydroxyl groups is 1. The number of hydrogen-bond acceptors (Lipinski definition) is 5. The Kier molecular flexibility index (Phi) is 6.37. The van der Waals surface area contributed by atoms with Gasteiger partial charge in [0.15, 0.2) is 0 Å². The summed E-state index contributed by atoms with van der Waals surface area (Å²) in [7, 11) is 1.71. The van der Waals surface area contributed by atoms with Crippen LogP contribution in [-0.2, 0) is 33.3 Å². The maximum Gasteiger partial charge on any atom is 0.118 e. The highest BCUT2D eigenvalue weighted by Gasteiger charge is 2.45. The molecule has 194 valence electrons. The van der Waals surface area contributed by atoms with Crippen LogP contribution in [0.2, 0.25) is 0 Å². The van der Waals surface area contributed by atoms with Gasteiger partial charge in [-0.2, -0.15) is 0 Å². The zero-order valence-electron chi connectivity index (χ0n) is 22.0. The molecule has 37 heavy (non-hydrogen) atoms. The summed E-state index contributed by atoms with van der Waals surface area (Å²) in [6.07, 6.45) is 4.55. The second kappa shape index (κ2) is 9.70. The molecule has 0 aromatic heterocycles. The summed E-state index contributed by atoms with van der Waals surface area (Å²) in [6, 6.07) is 21.0. The smallest absolute Gasteiger partial charge is 0.118 e. The zero-order chi connectivity index (χ0) is 25.5. The monoisotopic (exact) mass is 499 g/mol. The van der Waals surface area contributed by atoms with Crippen molar-refractivity contribution in [2.24, 2.45) is 0 Å². The van der Waals surface area contributed by atoms with Crippen LogP contribution in [0, 0.1) is 6.92 Å². The van der Waals surface area contributed by atoms with Crippen LogP contribution < -0.4 is 9.64 Å². The van der Waals surface area contributed by atoms with E-state index in [1.54, 1.807) is 13.2 Å². The van der Waals surface area contributed by atoms with Crippen molar-refractivity contribution >= 4 is 5.69 Å². The van der Waals surface area contributed by atoms with Crippen LogP contribution in [0.15, 0.2) is 60.7 Å². The first kappa shape index (κ1) is 24.3. The van der Waals surface area contributed by atoms with Gasteiger partial charge < -0.3 is 24.2 Å². The number of ether oxygens (including phenoxy) is 3. The predicted octanol–water partition coefficient (Wildman–Crippen LogP) is 5.68. The van der Waals surface area contributed by atoms with E-state index in [1.165, 1.54) is 39.9 Å². The van der Waals surface area contributed by atoms with Gasteiger partial charge >= 0.3 is 0 Å². The molecule has 0 radical (unpaired) electrons. The van der Waals surface area contributed by atoms with Crippen molar-refractivity contribution in [3.05, 3.63) is 88.5 Å². The maximum atomic E-state index is 9.40. The molecule has 0 bridgehead atoms. The Labute approximate surface area is 220 Å². The molecule has 2 unspecified atom stereocenters. The summed E-state index contributed by atoms with van der Waals surface area (Å²) < 4.78 is 16.5. The molecule has 0 amide bonds. The minimum Gasteiger partial charge on any atom is -0.508 e. The molecular formula is C32H37NO4. The van der Waals surface area contributed by atoms with Crippen LogP contribution in [0.4, 0.5) is 5.69 Å². The van der Waals surface area contributed by atoms with E-state index in [0.29, 0.717) is 5.75 Å². The third-order valence-electron chi connectivity index (χ3n) is 8.83. The van der Waals surface area contributed by atoms with Crippen molar-refractivity contribution in [2.75, 3.05) is 45.0 Å². The molecule has 2 atom stereocenters. The molecule has 2 saturated heterocycles. The molecule has 3 heterocycles. The van der Waals surface area contributed by atoms with Crippen LogP contribution in [0.3, 0.4) is 0 Å². The first-order valence-electron chi connectivity index (χ1n) is 13.5. The van der Waals surface area contributed by atoms with Crippen LogP contribution in [0.25, 0.3) is 0 Å². The molecule has 5 heteroatoms. The average Bonchev–Trinajstić information content (AvgIpc) is 3.70. The van der Waals surface area contributed by atoms with Gasteiger partial charge in [-0.15, -0.1) is 0 Å². The molecule has 0 saturated carbocycles. The number of phenols is 1. The highest BCUT2D eigenvalue weighted by Crippen LogP contribution is 2.47. The van der Waals surface area contributed by atoms with E-state index in [1.807, 2.05) is 18.2 Å². The number of methoxy groups -OCH3 is 1. The summed E-state index contributed by atoms with van der Waals surface area (Å²) in [6.45, 7) is 7.64. The summed E-state index contributed by atoms with van der Waals surface area (Å²) in [4.78, 5) is 2.51. The third kappa shape index (κ3) is 4.49. The first-order chi connectivity index (χ1) is 18.0. The summed E-state index contributed by atoms with van der Waals surface area (Å²) >= 11 is 0. The molecule has 5 nitrogen and oxygen atoms in total. The van der Waals surface area contributed by atoms with Gasteiger partial charge in [0.25, 0.3) is 0 Å². The minimum atomic E-state index is 0.190. The summed E-state index contributed by atoms with van der Waals surface area (Å²) in [5, 5.41) is 9.40. The van der Waals surface area contributed by atoms with Crippen molar-refractivity contribution < 1.29 is 19.3 Å². The SMILES string of the molecule is COc1ccc(CN2CC3(CCOC3)c3ccc(C)cc32)cc1.Oc1ccc2c(c1)CCC21CCOC1. The van der Waals surface area contributed by atoms with Crippen LogP contribution in [0.1, 0.15) is 47.1 Å². The van der Waals surface area contributed by atoms with Crippen molar-refractivity contribution in [1.82, 2.24) is 0 Å². The Morgan fingerprint density at radius 3 is 2.30 bits per heavy atom. The predicted molar refractivity (Wildman–Crippen MR) is 146 cm³/mol. The Bertz CT molecular complexity index is 1260. The second-order valence-corrected chi connectivity index (χ2v) is 11.2. The van der Waals surface area contributed by atoms with Crippen molar-refractivity contribution in [2.45, 2.75) is 50.0 Å². The number of hydrogen-bond donors (Lipinski definition) is 1. The van der Waals surface area contributed by atoms with Gasteiger partial charge in [0, 0.05) is 42.8 Å². The van der Waals surface area contributed by atoms with E-state index >= 15 is 0 Å². The number of phenolic OH excluding ortho intramolecular Hbond substituents is 1. The fraction of sp³-hybridized carbons (Fsp3) is 0.438. The fourth-order valence-corrected chi connectivity index (χ4v) is 6.75. The summed E-state index contributed by atoms with van der Waals surface area (Å²) in [5.41, 5.74) is 8.68. The fourth-order valence-electron chi connectivity index (χ4n) is 6.75. The van der Waals surface area contributed by atoms with E-state index < -0.39 is 0 Å². The Morgan fingerprint density at radius 1 is 0.865 bits per heavy atom. The quantitative estimate of drug-likeness (QED) is 0.503. The van der Waals surface area contributed by atoms with E-state index in [9.17, 15) is 5.11 Å². The molecule has 7 rings (SSSR count). The van der Waals surface area contributed by atoms with Gasteiger partial charge in [-0.25, -0.2) is 0 Å². The van der Waals surface area contributed by atoms with Crippen LogP contribution in [-0.4, -0.2) is 45.2 Å². The van der Waals surface area contributed by atoms with Crippen LogP contribution in [0.5, 0.6) is 11.5 Å². The van der Waals surface area contributed by atoms with Crippen molar-refractivity contribution in [3.8, 4) is 11.5 Å². The molecule has 3 aromatic carbocycles. The molecule has 4 aliphatic rings. The topological polar surface area (TPSA) is 51.2 Å². The lowest BCUT2D eigenvalue weighted by molar-refractivity contribution is 0.177. The molecule has 2 fully saturated rings. The first-order valence-corrected chi connectivity index (χ1v) is 13.5. The van der Waals surface area contributed by atoms with Gasteiger partial charge in [0.2, 0.25) is 0 Å². The van der Waals surface area contributed by atoms with Gasteiger partial charge in [0.1, 0.15) is 11.5 Å². The van der Waals surface area contributed by atoms with Gasteiger partial charge in [-0.05, 0) is 90.8 Å². The van der Waals surface area contributed by atoms with Crippen molar-refractivity contribution in [1.29, 1.82) is 0 Å². The largest absolute Gasteiger partial charge is 0.508 e. The Hall–Kier alpha value is -3.02. The van der Waals surface area contributed by atoms with E-state index in [2.05, 4.69) is 48.2 Å². The van der Waals surface area contributed by atoms with Crippen LogP contribution >= 0.6 is 0 Å². The van der Waals surface area contributed by atoms with Gasteiger partial charge in [-0.1, -0.05) is 30.3 Å². The third-order valence-corrected chi connectivity index (χ3v) is 8.83. The lowest BCUT2D eigenvalue weighted by Crippen LogP contribution is -2.33. The Balaban J connectivity index is 0.000000153. The normalized spacial score (nSPS) is 25.3.